The largest absolute Gasteiger partial charge is 0.497 e. The first-order valence-electron chi connectivity index (χ1n) is 8.31. The van der Waals surface area contributed by atoms with Gasteiger partial charge in [0.25, 0.3) is 0 Å². The molecule has 0 unspecified atom stereocenters. The van der Waals surface area contributed by atoms with Crippen molar-refractivity contribution in [3.8, 4) is 5.75 Å². The van der Waals surface area contributed by atoms with Crippen molar-refractivity contribution >= 4 is 16.8 Å². The van der Waals surface area contributed by atoms with Crippen molar-refractivity contribution in [2.24, 2.45) is 0 Å². The van der Waals surface area contributed by atoms with E-state index in [4.69, 9.17) is 4.74 Å². The van der Waals surface area contributed by atoms with Gasteiger partial charge < -0.3 is 15.0 Å². The topological polar surface area (TPSA) is 54.1 Å². The van der Waals surface area contributed by atoms with Crippen LogP contribution in [0.3, 0.4) is 0 Å². The van der Waals surface area contributed by atoms with Crippen molar-refractivity contribution in [2.75, 3.05) is 7.11 Å². The summed E-state index contributed by atoms with van der Waals surface area (Å²) < 4.78 is 18.3. The number of hydrogen-bond acceptors (Lipinski definition) is 2. The number of nitrogens with one attached hydrogen (secondary N) is 2. The Labute approximate surface area is 145 Å². The molecule has 0 bridgehead atoms. The van der Waals surface area contributed by atoms with Crippen LogP contribution in [-0.2, 0) is 16.8 Å². The molecule has 1 aliphatic rings. The maximum Gasteiger partial charge on any atom is 0.231 e. The van der Waals surface area contributed by atoms with Crippen LogP contribution in [0.25, 0.3) is 10.9 Å². The number of rotatable bonds is 5. The van der Waals surface area contributed by atoms with E-state index in [9.17, 15) is 9.18 Å². The van der Waals surface area contributed by atoms with Gasteiger partial charge in [0.05, 0.1) is 12.5 Å². The molecule has 1 saturated carbocycles. The summed E-state index contributed by atoms with van der Waals surface area (Å²) in [4.78, 5) is 16.1. The minimum absolute atomic E-state index is 0.0144. The molecule has 1 amide bonds. The van der Waals surface area contributed by atoms with E-state index < -0.39 is 5.41 Å². The van der Waals surface area contributed by atoms with Gasteiger partial charge in [0.2, 0.25) is 5.91 Å². The number of benzene rings is 2. The number of aromatic amines is 1. The Kier molecular flexibility index (Phi) is 3.71. The molecule has 4 rings (SSSR count). The lowest BCUT2D eigenvalue weighted by atomic mass is 9.94. The predicted molar refractivity (Wildman–Crippen MR) is 94.0 cm³/mol. The molecule has 3 aromatic rings. The number of hydrogen-bond donors (Lipinski definition) is 2. The summed E-state index contributed by atoms with van der Waals surface area (Å²) in [6.07, 6.45) is 3.58. The minimum Gasteiger partial charge on any atom is -0.497 e. The number of amides is 1. The fraction of sp³-hybridized carbons (Fsp3) is 0.250. The summed E-state index contributed by atoms with van der Waals surface area (Å²) in [5, 5.41) is 4.02. The second kappa shape index (κ2) is 5.92. The molecule has 1 aliphatic carbocycles. The molecule has 0 aliphatic heterocycles. The van der Waals surface area contributed by atoms with E-state index in [1.165, 1.54) is 12.1 Å². The molecule has 1 heterocycles. The summed E-state index contributed by atoms with van der Waals surface area (Å²) in [6, 6.07) is 12.0. The third-order valence-corrected chi connectivity index (χ3v) is 4.96. The van der Waals surface area contributed by atoms with Gasteiger partial charge in [0.1, 0.15) is 11.6 Å². The molecule has 0 atom stereocenters. The summed E-state index contributed by atoms with van der Waals surface area (Å²) in [6.45, 7) is 0.395. The third kappa shape index (κ3) is 2.76. The van der Waals surface area contributed by atoms with Gasteiger partial charge in [-0.1, -0.05) is 12.1 Å². The Morgan fingerprint density at radius 2 is 2.00 bits per heavy atom. The van der Waals surface area contributed by atoms with Gasteiger partial charge in [-0.15, -0.1) is 0 Å². The summed E-state index contributed by atoms with van der Waals surface area (Å²) in [5.41, 5.74) is 2.41. The highest BCUT2D eigenvalue weighted by atomic mass is 19.1. The number of carbonyl (C=O) groups is 1. The fourth-order valence-corrected chi connectivity index (χ4v) is 3.32. The van der Waals surface area contributed by atoms with Crippen molar-refractivity contribution in [3.63, 3.8) is 0 Å². The maximum absolute atomic E-state index is 13.0. The van der Waals surface area contributed by atoms with Crippen LogP contribution >= 0.6 is 0 Å². The van der Waals surface area contributed by atoms with E-state index in [1.54, 1.807) is 19.2 Å². The SMILES string of the molecule is COc1ccc2[nH]cc(C3(C(=O)NCc4ccc(F)cc4)CC3)c2c1. The molecule has 1 fully saturated rings. The zero-order valence-corrected chi connectivity index (χ0v) is 13.9. The van der Waals surface area contributed by atoms with Crippen molar-refractivity contribution in [2.45, 2.75) is 24.8 Å². The number of H-pyrrole nitrogens is 1. The molecule has 2 aromatic carbocycles. The van der Waals surface area contributed by atoms with E-state index in [-0.39, 0.29) is 11.7 Å². The number of methoxy groups -OCH3 is 1. The lowest BCUT2D eigenvalue weighted by molar-refractivity contribution is -0.123. The molecule has 128 valence electrons. The van der Waals surface area contributed by atoms with Crippen LogP contribution in [0.4, 0.5) is 4.39 Å². The number of halogens is 1. The van der Waals surface area contributed by atoms with Crippen LogP contribution in [-0.4, -0.2) is 18.0 Å². The number of aromatic nitrogens is 1. The first kappa shape index (κ1) is 15.7. The maximum atomic E-state index is 13.0. The van der Waals surface area contributed by atoms with Crippen LogP contribution in [0.2, 0.25) is 0 Å². The Morgan fingerprint density at radius 1 is 1.24 bits per heavy atom. The molecule has 0 radical (unpaired) electrons. The van der Waals surface area contributed by atoms with Crippen molar-refractivity contribution in [1.29, 1.82) is 0 Å². The quantitative estimate of drug-likeness (QED) is 0.746. The zero-order chi connectivity index (χ0) is 17.4. The Hall–Kier alpha value is -2.82. The molecule has 25 heavy (non-hydrogen) atoms. The molecule has 0 spiro atoms. The van der Waals surface area contributed by atoms with Crippen LogP contribution in [0.15, 0.2) is 48.7 Å². The van der Waals surface area contributed by atoms with E-state index in [2.05, 4.69) is 10.3 Å². The van der Waals surface area contributed by atoms with Gasteiger partial charge in [0.15, 0.2) is 0 Å². The van der Waals surface area contributed by atoms with E-state index in [0.717, 1.165) is 40.6 Å². The van der Waals surface area contributed by atoms with Crippen LogP contribution in [0.1, 0.15) is 24.0 Å². The molecule has 2 N–H and O–H groups in total. The standard InChI is InChI=1S/C20H19FN2O2/c1-25-15-6-7-18-16(10-15)17(12-22-18)20(8-9-20)19(24)23-11-13-2-4-14(21)5-3-13/h2-7,10,12,22H,8-9,11H2,1H3,(H,23,24). The predicted octanol–water partition coefficient (Wildman–Crippen LogP) is 3.66. The first-order valence-corrected chi connectivity index (χ1v) is 8.31. The average molecular weight is 338 g/mol. The number of carbonyl (C=O) groups excluding carboxylic acids is 1. The van der Waals surface area contributed by atoms with Gasteiger partial charge in [-0.05, 0) is 54.3 Å². The van der Waals surface area contributed by atoms with E-state index in [0.29, 0.717) is 6.54 Å². The van der Waals surface area contributed by atoms with Crippen molar-refractivity contribution in [1.82, 2.24) is 10.3 Å². The zero-order valence-electron chi connectivity index (χ0n) is 13.9. The second-order valence-electron chi connectivity index (χ2n) is 6.51. The van der Waals surface area contributed by atoms with Gasteiger partial charge in [-0.2, -0.15) is 0 Å². The summed E-state index contributed by atoms with van der Waals surface area (Å²) >= 11 is 0. The molecular weight excluding hydrogens is 319 g/mol. The average Bonchev–Trinajstić information content (AvgIpc) is 3.34. The molecule has 0 saturated heterocycles. The van der Waals surface area contributed by atoms with Crippen LogP contribution in [0, 0.1) is 5.82 Å². The Balaban J connectivity index is 1.57. The van der Waals surface area contributed by atoms with Gasteiger partial charge in [-0.25, -0.2) is 4.39 Å². The Bertz CT molecular complexity index is 927. The van der Waals surface area contributed by atoms with E-state index in [1.807, 2.05) is 24.4 Å². The molecular formula is C20H19FN2O2. The van der Waals surface area contributed by atoms with Gasteiger partial charge >= 0.3 is 0 Å². The van der Waals surface area contributed by atoms with Gasteiger partial charge in [-0.3, -0.25) is 4.79 Å². The minimum atomic E-state index is -0.482. The van der Waals surface area contributed by atoms with Crippen LogP contribution in [0.5, 0.6) is 5.75 Å². The normalized spacial score (nSPS) is 15.1. The third-order valence-electron chi connectivity index (χ3n) is 4.96. The summed E-state index contributed by atoms with van der Waals surface area (Å²) in [5.74, 6) is 0.512. The number of ether oxygens (including phenoxy) is 1. The highest BCUT2D eigenvalue weighted by Crippen LogP contribution is 2.51. The lowest BCUT2D eigenvalue weighted by Gasteiger charge is -2.15. The van der Waals surface area contributed by atoms with Gasteiger partial charge in [0, 0.05) is 23.6 Å². The fourth-order valence-electron chi connectivity index (χ4n) is 3.32. The molecule has 5 heteroatoms. The number of fused-ring (bicyclic) bond motifs is 1. The monoisotopic (exact) mass is 338 g/mol. The van der Waals surface area contributed by atoms with Crippen LogP contribution < -0.4 is 10.1 Å². The summed E-state index contributed by atoms with van der Waals surface area (Å²) in [7, 11) is 1.63. The lowest BCUT2D eigenvalue weighted by Crippen LogP contribution is -2.34. The van der Waals surface area contributed by atoms with Crippen molar-refractivity contribution in [3.05, 3.63) is 65.6 Å². The highest BCUT2D eigenvalue weighted by molar-refractivity contribution is 5.97. The van der Waals surface area contributed by atoms with Crippen molar-refractivity contribution < 1.29 is 13.9 Å². The molecule has 4 nitrogen and oxygen atoms in total. The highest BCUT2D eigenvalue weighted by Gasteiger charge is 2.52. The first-order chi connectivity index (χ1) is 12.1. The molecule has 1 aromatic heterocycles. The van der Waals surface area contributed by atoms with E-state index >= 15 is 0 Å². The Morgan fingerprint density at radius 3 is 2.68 bits per heavy atom. The smallest absolute Gasteiger partial charge is 0.231 e. The second-order valence-corrected chi connectivity index (χ2v) is 6.51.